The minimum atomic E-state index is -3.96. The lowest BCUT2D eigenvalue weighted by molar-refractivity contribution is 0.0499. The SMILES string of the molecule is CCCCOC(=O)c1ccc(Nc2nc3cc(C)ccc3nc2NS(=O)(=O)c2ccc(Cl)cc2)cc1. The van der Waals surface area contributed by atoms with E-state index in [0.717, 1.165) is 18.4 Å². The number of unbranched alkanes of at least 4 members (excludes halogenated alkanes) is 1. The van der Waals surface area contributed by atoms with Gasteiger partial charge in [0.25, 0.3) is 10.0 Å². The van der Waals surface area contributed by atoms with Gasteiger partial charge in [0.1, 0.15) is 0 Å². The number of hydrogen-bond acceptors (Lipinski definition) is 7. The molecule has 0 bridgehead atoms. The number of nitrogens with one attached hydrogen (secondary N) is 2. The fourth-order valence-corrected chi connectivity index (χ4v) is 4.48. The zero-order valence-electron chi connectivity index (χ0n) is 19.8. The van der Waals surface area contributed by atoms with Gasteiger partial charge in [-0.1, -0.05) is 31.0 Å². The zero-order valence-corrected chi connectivity index (χ0v) is 21.4. The lowest BCUT2D eigenvalue weighted by Gasteiger charge is -2.14. The normalized spacial score (nSPS) is 11.3. The van der Waals surface area contributed by atoms with Crippen molar-refractivity contribution in [3.8, 4) is 0 Å². The molecule has 1 heterocycles. The number of rotatable bonds is 9. The molecule has 8 nitrogen and oxygen atoms in total. The minimum absolute atomic E-state index is 0.0318. The summed E-state index contributed by atoms with van der Waals surface area (Å²) in [6.45, 7) is 4.33. The van der Waals surface area contributed by atoms with Gasteiger partial charge < -0.3 is 10.1 Å². The molecule has 10 heteroatoms. The van der Waals surface area contributed by atoms with Crippen LogP contribution >= 0.6 is 11.6 Å². The van der Waals surface area contributed by atoms with Crippen LogP contribution in [0, 0.1) is 6.92 Å². The van der Waals surface area contributed by atoms with Gasteiger partial charge in [0.2, 0.25) is 0 Å². The first kappa shape index (κ1) is 25.4. The molecule has 0 aliphatic rings. The lowest BCUT2D eigenvalue weighted by atomic mass is 10.2. The molecule has 2 N–H and O–H groups in total. The third kappa shape index (κ3) is 6.10. The fourth-order valence-electron chi connectivity index (χ4n) is 3.34. The molecule has 1 aromatic heterocycles. The summed E-state index contributed by atoms with van der Waals surface area (Å²) in [5, 5.41) is 3.54. The quantitative estimate of drug-likeness (QED) is 0.201. The Bertz CT molecular complexity index is 1490. The van der Waals surface area contributed by atoms with Crippen LogP contribution in [0.1, 0.15) is 35.7 Å². The summed E-state index contributed by atoms with van der Waals surface area (Å²) in [4.78, 5) is 21.4. The van der Waals surface area contributed by atoms with Gasteiger partial charge in [-0.25, -0.2) is 23.2 Å². The zero-order chi connectivity index (χ0) is 25.7. The van der Waals surface area contributed by atoms with E-state index in [1.165, 1.54) is 24.3 Å². The van der Waals surface area contributed by atoms with Crippen LogP contribution in [0.2, 0.25) is 5.02 Å². The number of sulfonamides is 1. The second kappa shape index (κ2) is 10.9. The third-order valence-electron chi connectivity index (χ3n) is 5.29. The first-order chi connectivity index (χ1) is 17.2. The fraction of sp³-hybridized carbons (Fsp3) is 0.192. The van der Waals surface area contributed by atoms with Crippen molar-refractivity contribution in [1.82, 2.24) is 9.97 Å². The molecule has 36 heavy (non-hydrogen) atoms. The number of nitrogens with zero attached hydrogens (tertiary/aromatic N) is 2. The van der Waals surface area contributed by atoms with Gasteiger partial charge in [0.15, 0.2) is 11.6 Å². The van der Waals surface area contributed by atoms with Gasteiger partial charge >= 0.3 is 5.97 Å². The number of esters is 1. The van der Waals surface area contributed by atoms with Crippen LogP contribution in [0.25, 0.3) is 11.0 Å². The Kier molecular flexibility index (Phi) is 7.71. The van der Waals surface area contributed by atoms with Crippen LogP contribution in [0.4, 0.5) is 17.3 Å². The number of hydrogen-bond donors (Lipinski definition) is 2. The maximum Gasteiger partial charge on any atom is 0.338 e. The van der Waals surface area contributed by atoms with Crippen LogP contribution in [0.15, 0.2) is 71.6 Å². The van der Waals surface area contributed by atoms with Gasteiger partial charge in [0, 0.05) is 10.7 Å². The highest BCUT2D eigenvalue weighted by atomic mass is 35.5. The molecule has 0 radical (unpaired) electrons. The first-order valence-corrected chi connectivity index (χ1v) is 13.2. The molecule has 0 aliphatic heterocycles. The molecule has 0 spiro atoms. The predicted octanol–water partition coefficient (Wildman–Crippen LogP) is 6.09. The van der Waals surface area contributed by atoms with E-state index >= 15 is 0 Å². The van der Waals surface area contributed by atoms with Crippen molar-refractivity contribution in [3.05, 3.63) is 82.9 Å². The van der Waals surface area contributed by atoms with Crippen molar-refractivity contribution in [3.63, 3.8) is 0 Å². The number of aromatic nitrogens is 2. The van der Waals surface area contributed by atoms with Crippen LogP contribution < -0.4 is 10.0 Å². The molecule has 0 unspecified atom stereocenters. The second-order valence-corrected chi connectivity index (χ2v) is 10.3. The van der Waals surface area contributed by atoms with E-state index in [4.69, 9.17) is 16.3 Å². The van der Waals surface area contributed by atoms with Crippen molar-refractivity contribution >= 4 is 56.0 Å². The van der Waals surface area contributed by atoms with E-state index < -0.39 is 16.0 Å². The molecule has 0 saturated carbocycles. The number of fused-ring (bicyclic) bond motifs is 1. The Balaban J connectivity index is 1.65. The van der Waals surface area contributed by atoms with Crippen LogP contribution in [0.3, 0.4) is 0 Å². The number of carbonyl (C=O) groups is 1. The number of aryl methyl sites for hydroxylation is 1. The van der Waals surface area contributed by atoms with Gasteiger partial charge in [-0.05, 0) is 79.6 Å². The number of halogens is 1. The molecular formula is C26H25ClN4O4S. The third-order valence-corrected chi connectivity index (χ3v) is 6.90. The van der Waals surface area contributed by atoms with Crippen molar-refractivity contribution in [2.45, 2.75) is 31.6 Å². The first-order valence-electron chi connectivity index (χ1n) is 11.4. The Morgan fingerprint density at radius 1 is 0.944 bits per heavy atom. The molecule has 4 aromatic rings. The summed E-state index contributed by atoms with van der Waals surface area (Å²) in [7, 11) is -3.96. The average Bonchev–Trinajstić information content (AvgIpc) is 2.85. The number of anilines is 3. The second-order valence-electron chi connectivity index (χ2n) is 8.16. The highest BCUT2D eigenvalue weighted by Crippen LogP contribution is 2.28. The summed E-state index contributed by atoms with van der Waals surface area (Å²) < 4.78 is 33.8. The van der Waals surface area contributed by atoms with Crippen molar-refractivity contribution in [2.24, 2.45) is 0 Å². The van der Waals surface area contributed by atoms with E-state index in [1.54, 1.807) is 30.3 Å². The van der Waals surface area contributed by atoms with Crippen molar-refractivity contribution < 1.29 is 17.9 Å². The minimum Gasteiger partial charge on any atom is -0.462 e. The summed E-state index contributed by atoms with van der Waals surface area (Å²) in [6, 6.07) is 18.0. The molecule has 3 aromatic carbocycles. The van der Waals surface area contributed by atoms with Crippen LogP contribution in [-0.2, 0) is 14.8 Å². The van der Waals surface area contributed by atoms with Gasteiger partial charge in [-0.3, -0.25) is 4.72 Å². The highest BCUT2D eigenvalue weighted by molar-refractivity contribution is 7.92. The Morgan fingerprint density at radius 3 is 2.33 bits per heavy atom. The number of benzene rings is 3. The standard InChI is InChI=1S/C26H25ClN4O4S/c1-3-4-15-35-26(32)18-6-10-20(11-7-18)28-24-25(29-22-14-5-17(2)16-23(22)30-24)31-36(33,34)21-12-8-19(27)9-13-21/h5-14,16H,3-4,15H2,1-2H3,(H,28,30)(H,29,31). The largest absolute Gasteiger partial charge is 0.462 e. The van der Waals surface area contributed by atoms with Crippen molar-refractivity contribution in [1.29, 1.82) is 0 Å². The summed E-state index contributed by atoms with van der Waals surface area (Å²) >= 11 is 5.90. The molecule has 0 saturated heterocycles. The molecular weight excluding hydrogens is 500 g/mol. The van der Waals surface area contributed by atoms with Gasteiger partial charge in [0.05, 0.1) is 28.1 Å². The summed E-state index contributed by atoms with van der Waals surface area (Å²) in [5.74, 6) is -0.152. The van der Waals surface area contributed by atoms with E-state index in [1.807, 2.05) is 26.0 Å². The molecule has 0 amide bonds. The smallest absolute Gasteiger partial charge is 0.338 e. The van der Waals surface area contributed by atoms with Crippen LogP contribution in [-0.4, -0.2) is 31.0 Å². The monoisotopic (exact) mass is 524 g/mol. The highest BCUT2D eigenvalue weighted by Gasteiger charge is 2.19. The van der Waals surface area contributed by atoms with Gasteiger partial charge in [-0.2, -0.15) is 0 Å². The van der Waals surface area contributed by atoms with Gasteiger partial charge in [-0.15, -0.1) is 0 Å². The van der Waals surface area contributed by atoms with Crippen molar-refractivity contribution in [2.75, 3.05) is 16.6 Å². The maximum absolute atomic E-state index is 13.0. The molecule has 4 rings (SSSR count). The Labute approximate surface area is 214 Å². The lowest BCUT2D eigenvalue weighted by Crippen LogP contribution is -2.16. The number of ether oxygens (including phenoxy) is 1. The molecule has 0 fully saturated rings. The average molecular weight is 525 g/mol. The summed E-state index contributed by atoms with van der Waals surface area (Å²) in [6.07, 6.45) is 1.74. The number of carbonyl (C=O) groups excluding carboxylic acids is 1. The van der Waals surface area contributed by atoms with E-state index in [0.29, 0.717) is 33.9 Å². The Hall–Kier alpha value is -3.69. The molecule has 0 atom stereocenters. The maximum atomic E-state index is 13.0. The topological polar surface area (TPSA) is 110 Å². The molecule has 186 valence electrons. The summed E-state index contributed by atoms with van der Waals surface area (Å²) in [5.41, 5.74) is 3.13. The molecule has 0 aliphatic carbocycles. The van der Waals surface area contributed by atoms with E-state index in [9.17, 15) is 13.2 Å². The Morgan fingerprint density at radius 2 is 1.64 bits per heavy atom. The van der Waals surface area contributed by atoms with E-state index in [2.05, 4.69) is 20.0 Å². The van der Waals surface area contributed by atoms with E-state index in [-0.39, 0.29) is 16.5 Å². The predicted molar refractivity (Wildman–Crippen MR) is 141 cm³/mol. The van der Waals surface area contributed by atoms with Crippen LogP contribution in [0.5, 0.6) is 0 Å².